The van der Waals surface area contributed by atoms with Crippen LogP contribution in [0.5, 0.6) is 5.06 Å². The molecular weight excluding hydrogens is 134 g/mol. The first-order chi connectivity index (χ1) is 4.29. The number of hydrogen-bond acceptors (Lipinski definition) is 3. The molecule has 0 aliphatic rings. The van der Waals surface area contributed by atoms with E-state index in [2.05, 4.69) is 4.37 Å². The average Bonchev–Trinajstić information content (AvgIpc) is 2.15. The van der Waals surface area contributed by atoms with Gasteiger partial charge >= 0.3 is 0 Å². The van der Waals surface area contributed by atoms with Crippen LogP contribution in [0.15, 0.2) is 12.3 Å². The third-order valence-electron chi connectivity index (χ3n) is 0.766. The van der Waals surface area contributed by atoms with Gasteiger partial charge in [0.1, 0.15) is 0 Å². The molecule has 3 heteroatoms. The van der Waals surface area contributed by atoms with Gasteiger partial charge in [0.2, 0.25) is 0 Å². The number of aromatic nitrogens is 1. The van der Waals surface area contributed by atoms with Gasteiger partial charge in [-0.2, -0.15) is 4.37 Å². The van der Waals surface area contributed by atoms with Crippen LogP contribution in [0, 0.1) is 0 Å². The molecule has 0 bridgehead atoms. The van der Waals surface area contributed by atoms with Gasteiger partial charge in [-0.3, -0.25) is 0 Å². The monoisotopic (exact) mass is 143 g/mol. The van der Waals surface area contributed by atoms with Crippen LogP contribution in [-0.4, -0.2) is 10.5 Å². The van der Waals surface area contributed by atoms with E-state index in [0.717, 1.165) is 5.06 Å². The van der Waals surface area contributed by atoms with Crippen molar-refractivity contribution in [2.45, 2.75) is 20.0 Å². The third-order valence-corrected chi connectivity index (χ3v) is 1.41. The van der Waals surface area contributed by atoms with Crippen LogP contribution in [0.3, 0.4) is 0 Å². The molecule has 9 heavy (non-hydrogen) atoms. The smallest absolute Gasteiger partial charge is 0.193 e. The minimum absolute atomic E-state index is 0.255. The van der Waals surface area contributed by atoms with Crippen LogP contribution in [0.4, 0.5) is 0 Å². The Kier molecular flexibility index (Phi) is 2.05. The van der Waals surface area contributed by atoms with Crippen molar-refractivity contribution in [3.63, 3.8) is 0 Å². The molecule has 0 atom stereocenters. The largest absolute Gasteiger partial charge is 0.480 e. The molecule has 50 valence electrons. The molecule has 0 aliphatic heterocycles. The SMILES string of the molecule is CC(C)Oc1ccns1. The lowest BCUT2D eigenvalue weighted by atomic mass is 10.5. The molecule has 2 nitrogen and oxygen atoms in total. The summed E-state index contributed by atoms with van der Waals surface area (Å²) in [5.41, 5.74) is 0. The highest BCUT2D eigenvalue weighted by Gasteiger charge is 1.96. The molecule has 0 N–H and O–H groups in total. The van der Waals surface area contributed by atoms with E-state index in [9.17, 15) is 0 Å². The predicted octanol–water partition coefficient (Wildman–Crippen LogP) is 1.93. The van der Waals surface area contributed by atoms with Crippen LogP contribution in [0.25, 0.3) is 0 Å². The lowest BCUT2D eigenvalue weighted by Crippen LogP contribution is -2.03. The van der Waals surface area contributed by atoms with Crippen LogP contribution >= 0.6 is 11.5 Å². The number of rotatable bonds is 2. The van der Waals surface area contributed by atoms with Crippen LogP contribution in [-0.2, 0) is 0 Å². The van der Waals surface area contributed by atoms with Crippen molar-refractivity contribution in [3.8, 4) is 5.06 Å². The summed E-state index contributed by atoms with van der Waals surface area (Å²) in [6.45, 7) is 4.00. The van der Waals surface area contributed by atoms with Crippen molar-refractivity contribution in [3.05, 3.63) is 12.3 Å². The predicted molar refractivity (Wildman–Crippen MR) is 37.9 cm³/mol. The van der Waals surface area contributed by atoms with Crippen molar-refractivity contribution in [1.82, 2.24) is 4.37 Å². The van der Waals surface area contributed by atoms with Crippen LogP contribution in [0.2, 0.25) is 0 Å². The fourth-order valence-corrected chi connectivity index (χ4v) is 1.08. The van der Waals surface area contributed by atoms with E-state index in [1.54, 1.807) is 6.20 Å². The summed E-state index contributed by atoms with van der Waals surface area (Å²) in [6, 6.07) is 1.87. The highest BCUT2D eigenvalue weighted by molar-refractivity contribution is 7.07. The summed E-state index contributed by atoms with van der Waals surface area (Å²) < 4.78 is 9.20. The summed E-state index contributed by atoms with van der Waals surface area (Å²) in [6.07, 6.45) is 1.99. The molecule has 1 aromatic heterocycles. The maximum absolute atomic E-state index is 5.31. The van der Waals surface area contributed by atoms with Gasteiger partial charge in [0.25, 0.3) is 0 Å². The van der Waals surface area contributed by atoms with Crippen molar-refractivity contribution >= 4 is 11.5 Å². The second kappa shape index (κ2) is 2.82. The molecule has 0 amide bonds. The van der Waals surface area contributed by atoms with Crippen molar-refractivity contribution < 1.29 is 4.74 Å². The van der Waals surface area contributed by atoms with Gasteiger partial charge in [0, 0.05) is 23.8 Å². The molecule has 1 heterocycles. The van der Waals surface area contributed by atoms with E-state index in [0.29, 0.717) is 0 Å². The van der Waals surface area contributed by atoms with E-state index < -0.39 is 0 Å². The number of ether oxygens (including phenoxy) is 1. The molecule has 0 aliphatic carbocycles. The first-order valence-corrected chi connectivity index (χ1v) is 3.63. The van der Waals surface area contributed by atoms with Gasteiger partial charge in [0.05, 0.1) is 6.10 Å². The molecule has 0 aromatic carbocycles. The lowest BCUT2D eigenvalue weighted by molar-refractivity contribution is 0.250. The third kappa shape index (κ3) is 2.01. The maximum Gasteiger partial charge on any atom is 0.193 e. The van der Waals surface area contributed by atoms with Gasteiger partial charge < -0.3 is 4.74 Å². The Balaban J connectivity index is 2.48. The molecule has 1 aromatic rings. The van der Waals surface area contributed by atoms with Crippen molar-refractivity contribution in [1.29, 1.82) is 0 Å². The summed E-state index contributed by atoms with van der Waals surface area (Å²) in [5, 5.41) is 0.894. The summed E-state index contributed by atoms with van der Waals surface area (Å²) in [5.74, 6) is 0. The molecule has 1 rings (SSSR count). The van der Waals surface area contributed by atoms with Crippen molar-refractivity contribution in [2.75, 3.05) is 0 Å². The Morgan fingerprint density at radius 3 is 2.89 bits per heavy atom. The van der Waals surface area contributed by atoms with Crippen molar-refractivity contribution in [2.24, 2.45) is 0 Å². The quantitative estimate of drug-likeness (QED) is 0.631. The normalized spacial score (nSPS) is 10.1. The van der Waals surface area contributed by atoms with E-state index in [4.69, 9.17) is 4.74 Å². The molecule has 0 saturated carbocycles. The molecule has 0 radical (unpaired) electrons. The van der Waals surface area contributed by atoms with E-state index in [1.807, 2.05) is 19.9 Å². The number of nitrogens with zero attached hydrogens (tertiary/aromatic N) is 1. The highest BCUT2D eigenvalue weighted by Crippen LogP contribution is 2.15. The van der Waals surface area contributed by atoms with Gasteiger partial charge in [0.15, 0.2) is 5.06 Å². The first kappa shape index (κ1) is 6.55. The zero-order valence-corrected chi connectivity index (χ0v) is 6.31. The van der Waals surface area contributed by atoms with Gasteiger partial charge in [-0.05, 0) is 13.8 Å². The fraction of sp³-hybridized carbons (Fsp3) is 0.500. The second-order valence-electron chi connectivity index (χ2n) is 2.00. The van der Waals surface area contributed by atoms with Gasteiger partial charge in [-0.1, -0.05) is 0 Å². The standard InChI is InChI=1S/C6H9NOS/c1-5(2)8-6-3-4-7-9-6/h3-5H,1-2H3. The average molecular weight is 143 g/mol. The summed E-state index contributed by atoms with van der Waals surface area (Å²) in [4.78, 5) is 0. The summed E-state index contributed by atoms with van der Waals surface area (Å²) >= 11 is 1.38. The van der Waals surface area contributed by atoms with E-state index in [-0.39, 0.29) is 6.10 Å². The Bertz CT molecular complexity index is 160. The topological polar surface area (TPSA) is 22.1 Å². The second-order valence-corrected chi connectivity index (χ2v) is 2.79. The maximum atomic E-state index is 5.31. The van der Waals surface area contributed by atoms with Gasteiger partial charge in [-0.15, -0.1) is 0 Å². The molecule has 0 saturated heterocycles. The fourth-order valence-electron chi connectivity index (χ4n) is 0.497. The van der Waals surface area contributed by atoms with E-state index in [1.165, 1.54) is 11.5 Å². The minimum atomic E-state index is 0.255. The van der Waals surface area contributed by atoms with Crippen LogP contribution in [0.1, 0.15) is 13.8 Å². The molecular formula is C6H9NOS. The Morgan fingerprint density at radius 2 is 2.44 bits per heavy atom. The zero-order chi connectivity index (χ0) is 6.69. The molecule has 0 unspecified atom stereocenters. The molecule has 0 fully saturated rings. The summed E-state index contributed by atoms with van der Waals surface area (Å²) in [7, 11) is 0. The lowest BCUT2D eigenvalue weighted by Gasteiger charge is -2.03. The zero-order valence-electron chi connectivity index (χ0n) is 5.50. The number of hydrogen-bond donors (Lipinski definition) is 0. The minimum Gasteiger partial charge on any atom is -0.480 e. The highest BCUT2D eigenvalue weighted by atomic mass is 32.1. The first-order valence-electron chi connectivity index (χ1n) is 2.86. The van der Waals surface area contributed by atoms with Crippen LogP contribution < -0.4 is 4.74 Å². The Hall–Kier alpha value is -0.570. The Morgan fingerprint density at radius 1 is 1.67 bits per heavy atom. The Labute approximate surface area is 58.6 Å². The molecule has 0 spiro atoms. The van der Waals surface area contributed by atoms with E-state index >= 15 is 0 Å². The van der Waals surface area contributed by atoms with Gasteiger partial charge in [-0.25, -0.2) is 0 Å².